The lowest BCUT2D eigenvalue weighted by Gasteiger charge is -2.29. The highest BCUT2D eigenvalue weighted by molar-refractivity contribution is 5.74. The van der Waals surface area contributed by atoms with E-state index in [-0.39, 0.29) is 42.0 Å². The predicted octanol–water partition coefficient (Wildman–Crippen LogP) is 4.21. The standard InChI is InChI=1S/C23H25F4N3O4/c1-32-11-33-19-8-15(23(25,26)27)16(24)7-12(19)20-13-9-22(5-6-22)34-10-14(13)21(30-29-20)28-17-3-2-4-18(17)31/h7-8,17-18,31H,2-6,9-11H2,1H3,(H,28,30)/t17-,18-/m1/s1. The maximum atomic E-state index is 14.6. The Morgan fingerprint density at radius 3 is 2.65 bits per heavy atom. The Balaban J connectivity index is 1.61. The lowest BCUT2D eigenvalue weighted by molar-refractivity contribution is -0.140. The van der Waals surface area contributed by atoms with Crippen molar-refractivity contribution in [2.24, 2.45) is 0 Å². The zero-order valence-electron chi connectivity index (χ0n) is 18.5. The number of ether oxygens (including phenoxy) is 3. The van der Waals surface area contributed by atoms with Gasteiger partial charge >= 0.3 is 6.18 Å². The number of alkyl halides is 3. The number of methoxy groups -OCH3 is 1. The SMILES string of the molecule is COCOc1cc(C(F)(F)F)c(F)cc1-c1nnc(N[C@@H]2CCC[C@H]2O)c2c1CC1(CC1)OC2. The Labute approximate surface area is 193 Å². The molecule has 2 heterocycles. The third-order valence-electron chi connectivity index (χ3n) is 6.78. The maximum Gasteiger partial charge on any atom is 0.419 e. The van der Waals surface area contributed by atoms with Crippen molar-refractivity contribution < 1.29 is 36.9 Å². The van der Waals surface area contributed by atoms with Gasteiger partial charge in [0.1, 0.15) is 17.3 Å². The van der Waals surface area contributed by atoms with Crippen LogP contribution in [0.25, 0.3) is 11.3 Å². The molecule has 3 aliphatic rings. The van der Waals surface area contributed by atoms with E-state index in [1.54, 1.807) is 0 Å². The molecular formula is C23H25F4N3O4. The molecule has 0 saturated heterocycles. The van der Waals surface area contributed by atoms with E-state index in [0.717, 1.165) is 37.3 Å². The third-order valence-corrected chi connectivity index (χ3v) is 6.78. The fourth-order valence-corrected chi connectivity index (χ4v) is 4.73. The number of hydrogen-bond donors (Lipinski definition) is 2. The molecule has 2 aromatic rings. The van der Waals surface area contributed by atoms with Crippen LogP contribution in [0.1, 0.15) is 48.8 Å². The Kier molecular flexibility index (Phi) is 5.89. The van der Waals surface area contributed by atoms with E-state index >= 15 is 0 Å². The van der Waals surface area contributed by atoms with Crippen molar-refractivity contribution in [2.45, 2.75) is 69.1 Å². The number of anilines is 1. The molecule has 0 radical (unpaired) electrons. The topological polar surface area (TPSA) is 85.7 Å². The van der Waals surface area contributed by atoms with Gasteiger partial charge in [-0.3, -0.25) is 0 Å². The largest absolute Gasteiger partial charge is 0.467 e. The van der Waals surface area contributed by atoms with Crippen LogP contribution in [0.3, 0.4) is 0 Å². The monoisotopic (exact) mass is 483 g/mol. The molecule has 7 nitrogen and oxygen atoms in total. The van der Waals surface area contributed by atoms with Crippen LogP contribution in [-0.2, 0) is 28.7 Å². The number of halogens is 4. The number of aliphatic hydroxyl groups is 1. The molecule has 2 fully saturated rings. The number of fused-ring (bicyclic) bond motifs is 1. The average Bonchev–Trinajstić information content (AvgIpc) is 3.41. The number of nitrogens with zero attached hydrogens (tertiary/aromatic N) is 2. The van der Waals surface area contributed by atoms with Crippen LogP contribution >= 0.6 is 0 Å². The van der Waals surface area contributed by atoms with E-state index in [0.29, 0.717) is 30.3 Å². The Bertz CT molecular complexity index is 1090. The highest BCUT2D eigenvalue weighted by atomic mass is 19.4. The second-order valence-electron chi connectivity index (χ2n) is 9.13. The molecule has 184 valence electrons. The molecule has 1 aromatic carbocycles. The van der Waals surface area contributed by atoms with Crippen LogP contribution in [0.5, 0.6) is 5.75 Å². The first-order valence-corrected chi connectivity index (χ1v) is 11.2. The first-order chi connectivity index (χ1) is 16.2. The van der Waals surface area contributed by atoms with Crippen LogP contribution < -0.4 is 10.1 Å². The van der Waals surface area contributed by atoms with Crippen molar-refractivity contribution in [2.75, 3.05) is 19.2 Å². The summed E-state index contributed by atoms with van der Waals surface area (Å²) in [6.07, 6.45) is -0.854. The molecule has 0 amide bonds. The fraction of sp³-hybridized carbons (Fsp3) is 0.565. The first kappa shape index (κ1) is 23.3. The van der Waals surface area contributed by atoms with Gasteiger partial charge in [0, 0.05) is 24.7 Å². The van der Waals surface area contributed by atoms with Crippen LogP contribution in [0.2, 0.25) is 0 Å². The molecule has 1 spiro atoms. The number of rotatable bonds is 6. The molecule has 1 aromatic heterocycles. The van der Waals surface area contributed by atoms with Gasteiger partial charge in [0.2, 0.25) is 0 Å². The second kappa shape index (κ2) is 8.62. The van der Waals surface area contributed by atoms with Gasteiger partial charge < -0.3 is 24.6 Å². The average molecular weight is 483 g/mol. The highest BCUT2D eigenvalue weighted by Crippen LogP contribution is 2.50. The van der Waals surface area contributed by atoms with Crippen molar-refractivity contribution in [1.29, 1.82) is 0 Å². The molecule has 2 atom stereocenters. The van der Waals surface area contributed by atoms with Gasteiger partial charge in [0.05, 0.1) is 29.9 Å². The second-order valence-corrected chi connectivity index (χ2v) is 9.13. The zero-order valence-corrected chi connectivity index (χ0v) is 18.5. The molecule has 1 aliphatic heterocycles. The molecular weight excluding hydrogens is 458 g/mol. The number of benzene rings is 1. The molecule has 2 saturated carbocycles. The Morgan fingerprint density at radius 1 is 1.21 bits per heavy atom. The highest BCUT2D eigenvalue weighted by Gasteiger charge is 2.48. The van der Waals surface area contributed by atoms with Crippen LogP contribution in [0, 0.1) is 5.82 Å². The molecule has 5 rings (SSSR count). The lowest BCUT2D eigenvalue weighted by Crippen LogP contribution is -2.31. The summed E-state index contributed by atoms with van der Waals surface area (Å²) in [5, 5.41) is 22.1. The van der Waals surface area contributed by atoms with Gasteiger partial charge in [0.15, 0.2) is 12.6 Å². The fourth-order valence-electron chi connectivity index (χ4n) is 4.73. The van der Waals surface area contributed by atoms with Gasteiger partial charge in [-0.25, -0.2) is 4.39 Å². The normalized spacial score (nSPS) is 23.1. The number of aromatic nitrogens is 2. The Hall–Kier alpha value is -2.50. The van der Waals surface area contributed by atoms with Gasteiger partial charge in [-0.05, 0) is 49.8 Å². The summed E-state index contributed by atoms with van der Waals surface area (Å²) in [6.45, 7) is -0.0851. The zero-order chi connectivity index (χ0) is 24.1. The molecule has 34 heavy (non-hydrogen) atoms. The summed E-state index contributed by atoms with van der Waals surface area (Å²) < 4.78 is 71.0. The molecule has 0 bridgehead atoms. The number of hydrogen-bond acceptors (Lipinski definition) is 7. The molecule has 0 unspecified atom stereocenters. The van der Waals surface area contributed by atoms with E-state index in [1.807, 2.05) is 0 Å². The van der Waals surface area contributed by atoms with E-state index in [1.165, 1.54) is 7.11 Å². The summed E-state index contributed by atoms with van der Waals surface area (Å²) in [5.41, 5.74) is -0.0147. The van der Waals surface area contributed by atoms with Crippen LogP contribution in [0.4, 0.5) is 23.4 Å². The van der Waals surface area contributed by atoms with Crippen LogP contribution in [-0.4, -0.2) is 47.0 Å². The van der Waals surface area contributed by atoms with Crippen molar-refractivity contribution in [1.82, 2.24) is 10.2 Å². The summed E-state index contributed by atoms with van der Waals surface area (Å²) in [5.74, 6) is -1.16. The molecule has 11 heteroatoms. The Morgan fingerprint density at radius 2 is 2.00 bits per heavy atom. The van der Waals surface area contributed by atoms with Crippen molar-refractivity contribution in [3.63, 3.8) is 0 Å². The van der Waals surface area contributed by atoms with E-state index in [9.17, 15) is 22.7 Å². The van der Waals surface area contributed by atoms with E-state index < -0.39 is 23.7 Å². The number of aliphatic hydroxyl groups excluding tert-OH is 1. The van der Waals surface area contributed by atoms with E-state index in [2.05, 4.69) is 15.5 Å². The van der Waals surface area contributed by atoms with Crippen molar-refractivity contribution >= 4 is 5.82 Å². The van der Waals surface area contributed by atoms with Gasteiger partial charge in [-0.1, -0.05) is 0 Å². The smallest absolute Gasteiger partial charge is 0.419 e. The quantitative estimate of drug-likeness (QED) is 0.470. The molecule has 2 aliphatic carbocycles. The number of nitrogens with one attached hydrogen (secondary N) is 1. The minimum atomic E-state index is -4.89. The third kappa shape index (κ3) is 4.32. The van der Waals surface area contributed by atoms with Crippen molar-refractivity contribution in [3.8, 4) is 17.0 Å². The van der Waals surface area contributed by atoms with E-state index in [4.69, 9.17) is 14.2 Å². The van der Waals surface area contributed by atoms with Crippen molar-refractivity contribution in [3.05, 3.63) is 34.6 Å². The summed E-state index contributed by atoms with van der Waals surface area (Å²) in [4.78, 5) is 0. The first-order valence-electron chi connectivity index (χ1n) is 11.2. The summed E-state index contributed by atoms with van der Waals surface area (Å²) >= 11 is 0. The summed E-state index contributed by atoms with van der Waals surface area (Å²) in [7, 11) is 1.33. The minimum absolute atomic E-state index is 0.0662. The summed E-state index contributed by atoms with van der Waals surface area (Å²) in [6, 6.07) is 1.25. The van der Waals surface area contributed by atoms with Crippen LogP contribution in [0.15, 0.2) is 12.1 Å². The van der Waals surface area contributed by atoms with Gasteiger partial charge in [-0.2, -0.15) is 13.2 Å². The minimum Gasteiger partial charge on any atom is -0.467 e. The molecule has 2 N–H and O–H groups in total. The lowest BCUT2D eigenvalue weighted by atomic mass is 9.92. The predicted molar refractivity (Wildman–Crippen MR) is 113 cm³/mol. The maximum absolute atomic E-state index is 14.6. The van der Waals surface area contributed by atoms with Gasteiger partial charge in [0.25, 0.3) is 0 Å². The van der Waals surface area contributed by atoms with Gasteiger partial charge in [-0.15, -0.1) is 10.2 Å².